The van der Waals surface area contributed by atoms with Crippen molar-refractivity contribution in [3.8, 4) is 12.3 Å². The highest BCUT2D eigenvalue weighted by atomic mass is 35.5. The summed E-state index contributed by atoms with van der Waals surface area (Å²) in [5, 5.41) is 3.13. The standard InChI is InChI=1S/C15H19ClN2O/c1-6-12(9(2)3)18-15(19)11-7-13(10(4)5)17-14(16)8-11/h1,7-10,12H,2-5H3,(H,18,19). The molecule has 0 saturated carbocycles. The molecule has 0 spiro atoms. The number of carbonyl (C=O) groups excluding carboxylic acids is 1. The van der Waals surface area contributed by atoms with Gasteiger partial charge in [-0.05, 0) is 24.0 Å². The molecule has 0 bridgehead atoms. The number of rotatable bonds is 4. The zero-order valence-electron chi connectivity index (χ0n) is 11.7. The van der Waals surface area contributed by atoms with Gasteiger partial charge in [0.2, 0.25) is 0 Å². The van der Waals surface area contributed by atoms with Gasteiger partial charge in [0.25, 0.3) is 5.91 Å². The lowest BCUT2D eigenvalue weighted by Gasteiger charge is -2.17. The first-order valence-electron chi connectivity index (χ1n) is 6.29. The Morgan fingerprint density at radius 1 is 1.37 bits per heavy atom. The van der Waals surface area contributed by atoms with E-state index in [1.165, 1.54) is 0 Å². The number of terminal acetylenes is 1. The van der Waals surface area contributed by atoms with Gasteiger partial charge < -0.3 is 5.32 Å². The van der Waals surface area contributed by atoms with Crippen LogP contribution in [0.4, 0.5) is 0 Å². The van der Waals surface area contributed by atoms with Gasteiger partial charge in [-0.2, -0.15) is 0 Å². The van der Waals surface area contributed by atoms with Crippen LogP contribution in [0.25, 0.3) is 0 Å². The van der Waals surface area contributed by atoms with Crippen LogP contribution in [0.5, 0.6) is 0 Å². The predicted octanol–water partition coefficient (Wildman–Crippen LogP) is 3.25. The van der Waals surface area contributed by atoms with E-state index < -0.39 is 0 Å². The van der Waals surface area contributed by atoms with Crippen LogP contribution in [0, 0.1) is 18.3 Å². The number of amides is 1. The summed E-state index contributed by atoms with van der Waals surface area (Å²) in [5.74, 6) is 2.74. The molecule has 0 aliphatic carbocycles. The largest absolute Gasteiger partial charge is 0.338 e. The summed E-state index contributed by atoms with van der Waals surface area (Å²) >= 11 is 5.94. The van der Waals surface area contributed by atoms with Crippen molar-refractivity contribution in [3.05, 3.63) is 28.5 Å². The molecule has 1 atom stereocenters. The fourth-order valence-corrected chi connectivity index (χ4v) is 1.78. The third-order valence-corrected chi connectivity index (χ3v) is 2.99. The molecule has 0 aromatic carbocycles. The fraction of sp³-hybridized carbons (Fsp3) is 0.467. The van der Waals surface area contributed by atoms with Gasteiger partial charge in [0, 0.05) is 11.3 Å². The number of nitrogens with one attached hydrogen (secondary N) is 1. The van der Waals surface area contributed by atoms with Crippen LogP contribution in [-0.2, 0) is 0 Å². The molecule has 102 valence electrons. The minimum Gasteiger partial charge on any atom is -0.338 e. The maximum absolute atomic E-state index is 12.2. The smallest absolute Gasteiger partial charge is 0.252 e. The van der Waals surface area contributed by atoms with Crippen LogP contribution in [0.1, 0.15) is 49.7 Å². The van der Waals surface area contributed by atoms with Gasteiger partial charge in [0.05, 0.1) is 6.04 Å². The number of carbonyl (C=O) groups is 1. The number of nitrogens with zero attached hydrogens (tertiary/aromatic N) is 1. The second-order valence-electron chi connectivity index (χ2n) is 5.12. The van der Waals surface area contributed by atoms with E-state index in [2.05, 4.69) is 16.2 Å². The Balaban J connectivity index is 2.97. The SMILES string of the molecule is C#CC(NC(=O)c1cc(Cl)nc(C(C)C)c1)C(C)C. The van der Waals surface area contributed by atoms with Crippen molar-refractivity contribution < 1.29 is 4.79 Å². The lowest BCUT2D eigenvalue weighted by atomic mass is 10.0. The van der Waals surface area contributed by atoms with Crippen molar-refractivity contribution in [2.45, 2.75) is 39.7 Å². The maximum atomic E-state index is 12.2. The quantitative estimate of drug-likeness (QED) is 0.679. The Hall–Kier alpha value is -1.53. The second kappa shape index (κ2) is 6.58. The van der Waals surface area contributed by atoms with Crippen LogP contribution in [-0.4, -0.2) is 16.9 Å². The van der Waals surface area contributed by atoms with E-state index in [4.69, 9.17) is 18.0 Å². The van der Waals surface area contributed by atoms with Gasteiger partial charge in [-0.3, -0.25) is 4.79 Å². The molecule has 0 aliphatic heterocycles. The van der Waals surface area contributed by atoms with E-state index in [1.807, 2.05) is 27.7 Å². The molecule has 1 heterocycles. The monoisotopic (exact) mass is 278 g/mol. The zero-order valence-corrected chi connectivity index (χ0v) is 12.5. The summed E-state index contributed by atoms with van der Waals surface area (Å²) in [5.41, 5.74) is 1.28. The maximum Gasteiger partial charge on any atom is 0.252 e. The van der Waals surface area contributed by atoms with Gasteiger partial charge in [0.15, 0.2) is 0 Å². The van der Waals surface area contributed by atoms with Crippen LogP contribution in [0.3, 0.4) is 0 Å². The van der Waals surface area contributed by atoms with Gasteiger partial charge in [-0.1, -0.05) is 45.2 Å². The summed E-state index contributed by atoms with van der Waals surface area (Å²) in [6, 6.07) is 3.01. The molecule has 0 aliphatic rings. The number of aromatic nitrogens is 1. The Morgan fingerprint density at radius 3 is 2.47 bits per heavy atom. The van der Waals surface area contributed by atoms with E-state index in [0.717, 1.165) is 5.69 Å². The molecule has 1 unspecified atom stereocenters. The summed E-state index contributed by atoms with van der Waals surface area (Å²) in [6.45, 7) is 7.92. The minimum absolute atomic E-state index is 0.177. The average molecular weight is 279 g/mol. The molecule has 1 aromatic heterocycles. The summed E-state index contributed by atoms with van der Waals surface area (Å²) < 4.78 is 0. The predicted molar refractivity (Wildman–Crippen MR) is 78.3 cm³/mol. The first-order valence-corrected chi connectivity index (χ1v) is 6.67. The molecule has 0 saturated heterocycles. The molecular weight excluding hydrogens is 260 g/mol. The number of halogens is 1. The Morgan fingerprint density at radius 2 is 2.00 bits per heavy atom. The summed E-state index contributed by atoms with van der Waals surface area (Å²) in [4.78, 5) is 16.3. The molecule has 4 heteroatoms. The molecular formula is C15H19ClN2O. The molecule has 0 fully saturated rings. The first-order chi connectivity index (χ1) is 8.85. The Labute approximate surface area is 119 Å². The van der Waals surface area contributed by atoms with Crippen LogP contribution < -0.4 is 5.32 Å². The van der Waals surface area contributed by atoms with Crippen molar-refractivity contribution in [3.63, 3.8) is 0 Å². The van der Waals surface area contributed by atoms with Crippen molar-refractivity contribution >= 4 is 17.5 Å². The van der Waals surface area contributed by atoms with Crippen molar-refractivity contribution in [1.29, 1.82) is 0 Å². The second-order valence-corrected chi connectivity index (χ2v) is 5.51. The molecule has 1 aromatic rings. The third-order valence-electron chi connectivity index (χ3n) is 2.80. The number of hydrogen-bond acceptors (Lipinski definition) is 2. The summed E-state index contributed by atoms with van der Waals surface area (Å²) in [6.07, 6.45) is 5.40. The van der Waals surface area contributed by atoms with Crippen LogP contribution >= 0.6 is 11.6 Å². The lowest BCUT2D eigenvalue weighted by molar-refractivity contribution is 0.0938. The highest BCUT2D eigenvalue weighted by Crippen LogP contribution is 2.18. The molecule has 1 amide bonds. The molecule has 3 nitrogen and oxygen atoms in total. The van der Waals surface area contributed by atoms with Crippen LogP contribution in [0.2, 0.25) is 5.15 Å². The van der Waals surface area contributed by atoms with Gasteiger partial charge >= 0.3 is 0 Å². The number of hydrogen-bond donors (Lipinski definition) is 1. The van der Waals surface area contributed by atoms with Crippen LogP contribution in [0.15, 0.2) is 12.1 Å². The number of pyridine rings is 1. The summed E-state index contributed by atoms with van der Waals surface area (Å²) in [7, 11) is 0. The minimum atomic E-state index is -0.290. The highest BCUT2D eigenvalue weighted by molar-refractivity contribution is 6.29. The van der Waals surface area contributed by atoms with Crippen molar-refractivity contribution in [1.82, 2.24) is 10.3 Å². The first kappa shape index (κ1) is 15.5. The highest BCUT2D eigenvalue weighted by Gasteiger charge is 2.16. The molecule has 1 rings (SSSR count). The molecule has 19 heavy (non-hydrogen) atoms. The van der Waals surface area contributed by atoms with E-state index in [0.29, 0.717) is 10.7 Å². The Bertz CT molecular complexity index is 503. The van der Waals surface area contributed by atoms with Gasteiger partial charge in [-0.25, -0.2) is 4.98 Å². The lowest BCUT2D eigenvalue weighted by Crippen LogP contribution is -2.37. The fourth-order valence-electron chi connectivity index (χ4n) is 1.57. The van der Waals surface area contributed by atoms with Gasteiger partial charge in [0.1, 0.15) is 5.15 Å². The van der Waals surface area contributed by atoms with Crippen molar-refractivity contribution in [2.24, 2.45) is 5.92 Å². The third kappa shape index (κ3) is 4.25. The molecule has 1 N–H and O–H groups in total. The zero-order chi connectivity index (χ0) is 14.6. The Kier molecular flexibility index (Phi) is 5.38. The normalized spacial score (nSPS) is 12.3. The van der Waals surface area contributed by atoms with E-state index in [9.17, 15) is 4.79 Å². The van der Waals surface area contributed by atoms with E-state index >= 15 is 0 Å². The van der Waals surface area contributed by atoms with E-state index in [1.54, 1.807) is 12.1 Å². The molecule has 0 radical (unpaired) electrons. The van der Waals surface area contributed by atoms with Gasteiger partial charge in [-0.15, -0.1) is 6.42 Å². The average Bonchev–Trinajstić information content (AvgIpc) is 2.34. The topological polar surface area (TPSA) is 42.0 Å². The van der Waals surface area contributed by atoms with Crippen molar-refractivity contribution in [2.75, 3.05) is 0 Å². The van der Waals surface area contributed by atoms with E-state index in [-0.39, 0.29) is 23.8 Å².